The van der Waals surface area contributed by atoms with E-state index in [0.29, 0.717) is 0 Å². The Bertz CT molecular complexity index is 2280. The molecule has 0 fully saturated rings. The van der Waals surface area contributed by atoms with Crippen LogP contribution in [0, 0.1) is 36.8 Å². The minimum absolute atomic E-state index is 0.0238. The molecule has 13 nitrogen and oxygen atoms in total. The molecule has 4 aromatic rings. The maximum atomic E-state index is 12.5. The van der Waals surface area contributed by atoms with E-state index in [4.69, 9.17) is 26.1 Å². The quantitative estimate of drug-likeness (QED) is 0.160. The molecular formula is C40H51N10O3+. The number of hydrogen-bond donors (Lipinski definition) is 1. The highest BCUT2D eigenvalue weighted by Crippen LogP contribution is 2.52. The molecule has 4 heterocycles. The molecule has 0 radical (unpaired) electrons. The second-order valence-corrected chi connectivity index (χ2v) is 15.1. The molecule has 0 unspecified atom stereocenters. The summed E-state index contributed by atoms with van der Waals surface area (Å²) in [6, 6.07) is 0. The molecule has 1 N–H and O–H groups in total. The first-order chi connectivity index (χ1) is 26.1. The molecule has 278 valence electrons. The third-order valence-electron chi connectivity index (χ3n) is 12.1. The van der Waals surface area contributed by atoms with Crippen molar-refractivity contribution >= 4 is 11.6 Å². The smallest absolute Gasteiger partial charge is 0.226 e. The number of ketones is 2. The van der Waals surface area contributed by atoms with E-state index in [1.165, 1.54) is 20.4 Å². The number of nitrogens with zero attached hydrogens (tertiary/aromatic N) is 10. The van der Waals surface area contributed by atoms with Crippen LogP contribution in [-0.4, -0.2) is 51.0 Å². The lowest BCUT2D eigenvalue weighted by Crippen LogP contribution is -2.45. The number of fused-ring (bicyclic) bond motifs is 6. The van der Waals surface area contributed by atoms with E-state index in [2.05, 4.69) is 28.6 Å². The molecule has 0 saturated carbocycles. The van der Waals surface area contributed by atoms with E-state index in [0.717, 1.165) is 70.0 Å². The number of carbonyl (C=O) groups excluding carboxylic acids is 2. The standard InChI is InChI=1S/C19H22N5O2.C19H21N5O.2CH4/c1-11-14-7-6-13-16(12-9-22(4)24(26)10-12)23(5)21-18(13)19(14,2)8-15(20-3)17(11)25;1-11-14-7-6-13-16(12-9-21-23(4)10-12)24(5)22-18(13)19(14,2)8-15(20-3)17(11)25;;/h8-11,14,26H,6-7H2,1-2,4-5H3;8-11,14H,6-7H2,1-2,4-5H3;2*1H4/q+1;;;/t2*11-,14-,19-;;/m00../s1/i;;2*1T. The third-order valence-corrected chi connectivity index (χ3v) is 12.1. The van der Waals surface area contributed by atoms with Gasteiger partial charge in [-0.05, 0) is 37.5 Å². The van der Waals surface area contributed by atoms with Gasteiger partial charge in [0.05, 0.1) is 47.7 Å². The molecule has 4 aliphatic rings. The molecule has 0 saturated heterocycles. The Kier molecular flexibility index (Phi) is 9.09. The van der Waals surface area contributed by atoms with Crippen molar-refractivity contribution in [2.75, 3.05) is 0 Å². The second kappa shape index (κ2) is 13.4. The monoisotopic (exact) mass is 723 g/mol. The number of carbonyl (C=O) groups is 2. The van der Waals surface area contributed by atoms with Crippen LogP contribution < -0.4 is 4.68 Å². The molecule has 0 amide bonds. The summed E-state index contributed by atoms with van der Waals surface area (Å²) in [6.45, 7) is 22.9. The van der Waals surface area contributed by atoms with Gasteiger partial charge in [-0.1, -0.05) is 59.3 Å². The SMILES string of the molecule is [3H]C.[3H]C.[C-]#[N+]C1=C[C@]2(C)c3nn(C)c(-c4cn(O)[n+](C)c4)c3CC[C@H]2[C@H](C)C1=O.[C-]#[N+]C1=C[C@]2(C)c3nn(C)c(-c4cnn(C)c4)c3CC[C@H]2[C@H](C)C1=O. The average Bonchev–Trinajstić information content (AvgIpc) is 3.94. The summed E-state index contributed by atoms with van der Waals surface area (Å²) in [7, 11) is 10.0. The largest absolute Gasteiger partial charge is 0.384 e. The van der Waals surface area contributed by atoms with Crippen LogP contribution in [0.5, 0.6) is 0 Å². The van der Waals surface area contributed by atoms with Gasteiger partial charge < -0.3 is 14.8 Å². The van der Waals surface area contributed by atoms with Crippen molar-refractivity contribution < 1.29 is 22.2 Å². The van der Waals surface area contributed by atoms with Crippen molar-refractivity contribution in [2.45, 2.75) is 79.0 Å². The Hall–Kier alpha value is -5.56. The molecule has 0 spiro atoms. The van der Waals surface area contributed by atoms with E-state index in [9.17, 15) is 14.8 Å². The summed E-state index contributed by atoms with van der Waals surface area (Å²) in [5.41, 5.74) is 7.99. The number of aryl methyl sites for hydroxylation is 4. The number of rotatable bonds is 2. The van der Waals surface area contributed by atoms with Crippen LogP contribution in [-0.2, 0) is 61.5 Å². The summed E-state index contributed by atoms with van der Waals surface area (Å²) in [5.74, 6) is -0.0557. The van der Waals surface area contributed by atoms with Crippen molar-refractivity contribution in [1.29, 1.82) is 0 Å². The Morgan fingerprint density at radius 3 is 1.68 bits per heavy atom. The lowest BCUT2D eigenvalue weighted by molar-refractivity contribution is -0.780. The number of hydrogen-bond acceptors (Lipinski definition) is 6. The zero-order chi connectivity index (χ0) is 40.7. The predicted molar refractivity (Wildman–Crippen MR) is 200 cm³/mol. The summed E-state index contributed by atoms with van der Waals surface area (Å²) >= 11 is 0. The Morgan fingerprint density at radius 2 is 1.30 bits per heavy atom. The van der Waals surface area contributed by atoms with Gasteiger partial charge in [-0.2, -0.15) is 15.3 Å². The second-order valence-electron chi connectivity index (χ2n) is 15.1. The van der Waals surface area contributed by atoms with E-state index < -0.39 is 5.41 Å². The van der Waals surface area contributed by atoms with Gasteiger partial charge in [-0.25, -0.2) is 9.69 Å². The van der Waals surface area contributed by atoms with Gasteiger partial charge in [0.2, 0.25) is 17.6 Å². The van der Waals surface area contributed by atoms with Crippen LogP contribution in [0.3, 0.4) is 0 Å². The van der Waals surface area contributed by atoms with Crippen LogP contribution in [0.25, 0.3) is 32.2 Å². The molecular weight excluding hydrogens is 669 g/mol. The van der Waals surface area contributed by atoms with Crippen LogP contribution in [0.15, 0.2) is 48.3 Å². The first kappa shape index (κ1) is 35.8. The highest BCUT2D eigenvalue weighted by molar-refractivity contribution is 6.01. The maximum absolute atomic E-state index is 12.5. The van der Waals surface area contributed by atoms with Crippen LogP contribution in [0.1, 0.15) is 80.6 Å². The minimum atomic E-state index is -0.430. The van der Waals surface area contributed by atoms with Gasteiger partial charge >= 0.3 is 0 Å². The predicted octanol–water partition coefficient (Wildman–Crippen LogP) is 5.73. The van der Waals surface area contributed by atoms with Gasteiger partial charge in [0.1, 0.15) is 6.20 Å². The molecule has 53 heavy (non-hydrogen) atoms. The van der Waals surface area contributed by atoms with E-state index in [-0.39, 0.29) is 52.0 Å². The number of aromatic nitrogens is 8. The fourth-order valence-corrected chi connectivity index (χ4v) is 9.53. The Labute approximate surface area is 314 Å². The summed E-state index contributed by atoms with van der Waals surface area (Å²) in [4.78, 5) is 32.9. The number of Topliss-reactive ketones (excluding diaryl/α,β-unsaturated/α-hetero) is 2. The molecule has 13 heteroatoms. The molecule has 0 aromatic carbocycles. The zero-order valence-corrected chi connectivity index (χ0v) is 32.3. The first-order valence-electron chi connectivity index (χ1n) is 19.3. The summed E-state index contributed by atoms with van der Waals surface area (Å²) in [6.07, 6.45) is 14.6. The fraction of sp³-hybridized carbons (Fsp3) is 0.500. The first-order valence-corrected chi connectivity index (χ1v) is 17.3. The van der Waals surface area contributed by atoms with Crippen molar-refractivity contribution in [1.82, 2.24) is 34.2 Å². The maximum Gasteiger partial charge on any atom is 0.226 e. The topological polar surface area (TPSA) is 125 Å². The summed E-state index contributed by atoms with van der Waals surface area (Å²) in [5, 5.41) is 23.8. The Balaban J connectivity index is 0.000000194. The van der Waals surface area contributed by atoms with Gasteiger partial charge in [0.15, 0.2) is 18.6 Å². The molecule has 4 aliphatic carbocycles. The van der Waals surface area contributed by atoms with Crippen molar-refractivity contribution in [3.63, 3.8) is 0 Å². The summed E-state index contributed by atoms with van der Waals surface area (Å²) < 4.78 is 18.7. The highest BCUT2D eigenvalue weighted by Gasteiger charge is 2.51. The van der Waals surface area contributed by atoms with Gasteiger partial charge in [0.25, 0.3) is 0 Å². The van der Waals surface area contributed by atoms with E-state index in [1.807, 2.05) is 75.1 Å². The van der Waals surface area contributed by atoms with Gasteiger partial charge in [0, 0.05) is 74.3 Å². The zero-order valence-electron chi connectivity index (χ0n) is 34.3. The third kappa shape index (κ3) is 5.65. The lowest BCUT2D eigenvalue weighted by Gasteiger charge is -2.44. The average molecular weight is 724 g/mol. The van der Waals surface area contributed by atoms with Crippen molar-refractivity contribution in [3.05, 3.63) is 93.7 Å². The van der Waals surface area contributed by atoms with Crippen LogP contribution in [0.4, 0.5) is 0 Å². The van der Waals surface area contributed by atoms with E-state index in [1.54, 1.807) is 22.6 Å². The minimum Gasteiger partial charge on any atom is -0.384 e. The van der Waals surface area contributed by atoms with Crippen LogP contribution in [0.2, 0.25) is 0 Å². The highest BCUT2D eigenvalue weighted by atomic mass is 16.5. The fourth-order valence-electron chi connectivity index (χ4n) is 9.53. The van der Waals surface area contributed by atoms with Crippen LogP contribution >= 0.6 is 0 Å². The molecule has 0 bridgehead atoms. The van der Waals surface area contributed by atoms with Gasteiger partial charge in [-0.3, -0.25) is 14.0 Å². The molecule has 0 aliphatic heterocycles. The van der Waals surface area contributed by atoms with E-state index >= 15 is 0 Å². The van der Waals surface area contributed by atoms with Crippen molar-refractivity contribution in [2.24, 2.45) is 51.9 Å². The van der Waals surface area contributed by atoms with Gasteiger partial charge in [-0.15, -0.1) is 0 Å². The lowest BCUT2D eigenvalue weighted by atomic mass is 9.58. The Morgan fingerprint density at radius 1 is 0.849 bits per heavy atom. The molecule has 6 atom stereocenters. The molecule has 4 aromatic heterocycles. The number of allylic oxidation sites excluding steroid dienone is 4. The normalized spacial score (nSPS) is 27.0. The van der Waals surface area contributed by atoms with Crippen molar-refractivity contribution in [3.8, 4) is 22.5 Å². The molecule has 8 rings (SSSR count).